The average Bonchev–Trinajstić information content (AvgIpc) is 2.39. The zero-order chi connectivity index (χ0) is 15.4. The van der Waals surface area contributed by atoms with E-state index in [9.17, 15) is 14.9 Å². The molecular formula is C14H21N3O3. The normalized spacial score (nSPS) is 13.7. The van der Waals surface area contributed by atoms with Crippen LogP contribution in [-0.4, -0.2) is 16.9 Å². The number of benzene rings is 1. The van der Waals surface area contributed by atoms with Crippen molar-refractivity contribution >= 4 is 17.3 Å². The molecule has 0 saturated carbocycles. The number of amides is 1. The van der Waals surface area contributed by atoms with Crippen LogP contribution in [0.1, 0.15) is 31.4 Å². The number of anilines is 1. The summed E-state index contributed by atoms with van der Waals surface area (Å²) in [6.45, 7) is 7.32. The first-order chi connectivity index (χ1) is 9.27. The fraction of sp³-hybridized carbons (Fsp3) is 0.500. The SMILES string of the molecule is CCC(C)C(N)C(=O)Nc1cc([N+](=O)[O-])c(C)cc1C. The van der Waals surface area contributed by atoms with Gasteiger partial charge in [0.2, 0.25) is 5.91 Å². The first-order valence-corrected chi connectivity index (χ1v) is 6.60. The lowest BCUT2D eigenvalue weighted by molar-refractivity contribution is -0.385. The highest BCUT2D eigenvalue weighted by Gasteiger charge is 2.21. The Hall–Kier alpha value is -1.95. The number of nitro benzene ring substituents is 1. The second kappa shape index (κ2) is 6.47. The predicted molar refractivity (Wildman–Crippen MR) is 78.6 cm³/mol. The Morgan fingerprint density at radius 2 is 2.00 bits per heavy atom. The molecule has 3 N–H and O–H groups in total. The lowest BCUT2D eigenvalue weighted by Crippen LogP contribution is -2.40. The summed E-state index contributed by atoms with van der Waals surface area (Å²) in [5.74, 6) is -0.267. The third-order valence-electron chi connectivity index (χ3n) is 3.56. The number of nitro groups is 1. The molecular weight excluding hydrogens is 258 g/mol. The molecule has 110 valence electrons. The molecule has 2 atom stereocenters. The molecule has 1 aromatic carbocycles. The van der Waals surface area contributed by atoms with Crippen molar-refractivity contribution in [2.75, 3.05) is 5.32 Å². The number of nitrogens with two attached hydrogens (primary N) is 1. The minimum absolute atomic E-state index is 0.0111. The first-order valence-electron chi connectivity index (χ1n) is 6.60. The fourth-order valence-corrected chi connectivity index (χ4v) is 1.90. The number of rotatable bonds is 5. The van der Waals surface area contributed by atoms with E-state index >= 15 is 0 Å². The molecule has 0 saturated heterocycles. The summed E-state index contributed by atoms with van der Waals surface area (Å²) in [6.07, 6.45) is 0.793. The monoisotopic (exact) mass is 279 g/mol. The standard InChI is InChI=1S/C14H21N3O3/c1-5-8(2)13(15)14(18)16-11-7-12(17(19)20)10(4)6-9(11)3/h6-8,13H,5,15H2,1-4H3,(H,16,18). The first kappa shape index (κ1) is 16.1. The molecule has 1 amide bonds. The highest BCUT2D eigenvalue weighted by Crippen LogP contribution is 2.26. The zero-order valence-electron chi connectivity index (χ0n) is 12.3. The van der Waals surface area contributed by atoms with Crippen LogP contribution in [0.5, 0.6) is 0 Å². The maximum Gasteiger partial charge on any atom is 0.274 e. The van der Waals surface area contributed by atoms with Crippen molar-refractivity contribution in [1.29, 1.82) is 0 Å². The van der Waals surface area contributed by atoms with Gasteiger partial charge in [0, 0.05) is 11.6 Å². The van der Waals surface area contributed by atoms with Gasteiger partial charge in [-0.25, -0.2) is 0 Å². The predicted octanol–water partition coefficient (Wildman–Crippen LogP) is 2.52. The van der Waals surface area contributed by atoms with Gasteiger partial charge in [-0.15, -0.1) is 0 Å². The Balaban J connectivity index is 3.01. The molecule has 1 rings (SSSR count). The van der Waals surface area contributed by atoms with Gasteiger partial charge in [0.15, 0.2) is 0 Å². The van der Waals surface area contributed by atoms with Crippen molar-refractivity contribution in [3.63, 3.8) is 0 Å². The van der Waals surface area contributed by atoms with Crippen molar-refractivity contribution in [1.82, 2.24) is 0 Å². The second-order valence-corrected chi connectivity index (χ2v) is 5.11. The lowest BCUT2D eigenvalue weighted by Gasteiger charge is -2.18. The largest absolute Gasteiger partial charge is 0.324 e. The molecule has 0 radical (unpaired) electrons. The summed E-state index contributed by atoms with van der Waals surface area (Å²) in [4.78, 5) is 22.5. The molecule has 0 spiro atoms. The molecule has 1 aromatic rings. The quantitative estimate of drug-likeness (QED) is 0.639. The van der Waals surface area contributed by atoms with Crippen LogP contribution in [0.3, 0.4) is 0 Å². The Bertz CT molecular complexity index is 529. The number of nitrogens with one attached hydrogen (secondary N) is 1. The van der Waals surface area contributed by atoms with E-state index in [-0.39, 0.29) is 17.5 Å². The van der Waals surface area contributed by atoms with Crippen molar-refractivity contribution in [3.05, 3.63) is 33.4 Å². The molecule has 0 aromatic heterocycles. The van der Waals surface area contributed by atoms with Gasteiger partial charge in [0.05, 0.1) is 16.7 Å². The van der Waals surface area contributed by atoms with E-state index in [0.29, 0.717) is 11.3 Å². The van der Waals surface area contributed by atoms with Crippen LogP contribution in [0.2, 0.25) is 0 Å². The van der Waals surface area contributed by atoms with Crippen LogP contribution >= 0.6 is 0 Å². The third-order valence-corrected chi connectivity index (χ3v) is 3.56. The molecule has 2 unspecified atom stereocenters. The highest BCUT2D eigenvalue weighted by atomic mass is 16.6. The van der Waals surface area contributed by atoms with E-state index in [4.69, 9.17) is 5.73 Å². The van der Waals surface area contributed by atoms with Gasteiger partial charge in [-0.3, -0.25) is 14.9 Å². The summed E-state index contributed by atoms with van der Waals surface area (Å²) in [6, 6.07) is 2.44. The van der Waals surface area contributed by atoms with Crippen LogP contribution < -0.4 is 11.1 Å². The molecule has 6 heteroatoms. The smallest absolute Gasteiger partial charge is 0.274 e. The molecule has 0 heterocycles. The van der Waals surface area contributed by atoms with E-state index in [1.807, 2.05) is 13.8 Å². The summed E-state index contributed by atoms with van der Waals surface area (Å²) in [5.41, 5.74) is 7.62. The zero-order valence-corrected chi connectivity index (χ0v) is 12.3. The van der Waals surface area contributed by atoms with Gasteiger partial charge in [-0.2, -0.15) is 0 Å². The molecule has 0 aliphatic carbocycles. The Morgan fingerprint density at radius 3 is 2.50 bits per heavy atom. The summed E-state index contributed by atoms with van der Waals surface area (Å²) in [5, 5.41) is 13.6. The Morgan fingerprint density at radius 1 is 1.40 bits per heavy atom. The fourth-order valence-electron chi connectivity index (χ4n) is 1.90. The average molecular weight is 279 g/mol. The molecule has 20 heavy (non-hydrogen) atoms. The van der Waals surface area contributed by atoms with Gasteiger partial charge in [-0.05, 0) is 31.4 Å². The summed E-state index contributed by atoms with van der Waals surface area (Å²) >= 11 is 0. The van der Waals surface area contributed by atoms with Crippen LogP contribution in [-0.2, 0) is 4.79 Å². The Labute approximate surface area is 118 Å². The summed E-state index contributed by atoms with van der Waals surface area (Å²) in [7, 11) is 0. The van der Waals surface area contributed by atoms with E-state index < -0.39 is 11.0 Å². The van der Waals surface area contributed by atoms with Gasteiger partial charge in [0.1, 0.15) is 0 Å². The van der Waals surface area contributed by atoms with Gasteiger partial charge in [-0.1, -0.05) is 20.3 Å². The van der Waals surface area contributed by atoms with E-state index in [2.05, 4.69) is 5.32 Å². The second-order valence-electron chi connectivity index (χ2n) is 5.11. The highest BCUT2D eigenvalue weighted by molar-refractivity contribution is 5.95. The maximum atomic E-state index is 12.0. The van der Waals surface area contributed by atoms with E-state index in [1.165, 1.54) is 6.07 Å². The Kier molecular flexibility index (Phi) is 5.21. The molecule has 0 bridgehead atoms. The van der Waals surface area contributed by atoms with Crippen LogP contribution in [0.15, 0.2) is 12.1 Å². The molecule has 0 fully saturated rings. The van der Waals surface area contributed by atoms with Crippen LogP contribution in [0.25, 0.3) is 0 Å². The molecule has 0 aliphatic rings. The number of hydrogen-bond donors (Lipinski definition) is 2. The number of nitrogens with zero attached hydrogens (tertiary/aromatic N) is 1. The lowest BCUT2D eigenvalue weighted by atomic mass is 9.99. The van der Waals surface area contributed by atoms with Crippen molar-refractivity contribution < 1.29 is 9.72 Å². The maximum absolute atomic E-state index is 12.0. The van der Waals surface area contributed by atoms with E-state index in [0.717, 1.165) is 12.0 Å². The van der Waals surface area contributed by atoms with E-state index in [1.54, 1.807) is 19.9 Å². The third kappa shape index (κ3) is 3.54. The van der Waals surface area contributed by atoms with Crippen molar-refractivity contribution in [2.45, 2.75) is 40.2 Å². The van der Waals surface area contributed by atoms with Gasteiger partial charge >= 0.3 is 0 Å². The van der Waals surface area contributed by atoms with Gasteiger partial charge in [0.25, 0.3) is 5.69 Å². The minimum atomic E-state index is -0.625. The van der Waals surface area contributed by atoms with Crippen LogP contribution in [0, 0.1) is 29.9 Å². The summed E-state index contributed by atoms with van der Waals surface area (Å²) < 4.78 is 0. The number of carbonyl (C=O) groups excluding carboxylic acids is 1. The number of carbonyl (C=O) groups is 1. The number of hydrogen-bond acceptors (Lipinski definition) is 4. The number of aryl methyl sites for hydroxylation is 2. The molecule has 6 nitrogen and oxygen atoms in total. The minimum Gasteiger partial charge on any atom is -0.324 e. The van der Waals surface area contributed by atoms with Crippen LogP contribution in [0.4, 0.5) is 11.4 Å². The van der Waals surface area contributed by atoms with Gasteiger partial charge < -0.3 is 11.1 Å². The molecule has 0 aliphatic heterocycles. The van der Waals surface area contributed by atoms with Crippen molar-refractivity contribution in [2.24, 2.45) is 11.7 Å². The topological polar surface area (TPSA) is 98.3 Å². The van der Waals surface area contributed by atoms with Crippen molar-refractivity contribution in [3.8, 4) is 0 Å².